The summed E-state index contributed by atoms with van der Waals surface area (Å²) in [6.07, 6.45) is 6.51. The monoisotopic (exact) mass is 381 g/mol. The van der Waals surface area contributed by atoms with Gasteiger partial charge in [0.25, 0.3) is 0 Å². The molecule has 0 radical (unpaired) electrons. The molecule has 1 aliphatic carbocycles. The van der Waals surface area contributed by atoms with Crippen molar-refractivity contribution < 1.29 is 19.0 Å². The van der Waals surface area contributed by atoms with Crippen LogP contribution in [0, 0.1) is 11.7 Å². The Morgan fingerprint density at radius 2 is 2.04 bits per heavy atom. The van der Waals surface area contributed by atoms with E-state index in [-0.39, 0.29) is 12.4 Å². The van der Waals surface area contributed by atoms with Crippen molar-refractivity contribution in [2.75, 3.05) is 13.2 Å². The largest absolute Gasteiger partial charge is 0.493 e. The molecule has 3 aromatic rings. The minimum atomic E-state index is -0.673. The van der Waals surface area contributed by atoms with Gasteiger partial charge in [0.2, 0.25) is 0 Å². The molecular formula is C23H24FNO3. The van der Waals surface area contributed by atoms with Crippen molar-refractivity contribution >= 4 is 10.8 Å². The molecule has 1 atom stereocenters. The first kappa shape index (κ1) is 18.7. The van der Waals surface area contributed by atoms with Crippen LogP contribution in [0.4, 0.5) is 4.39 Å². The summed E-state index contributed by atoms with van der Waals surface area (Å²) in [5.74, 6) is 1.18. The first-order valence-corrected chi connectivity index (χ1v) is 9.74. The molecule has 1 aromatic heterocycles. The van der Waals surface area contributed by atoms with E-state index in [0.29, 0.717) is 24.1 Å². The maximum Gasteiger partial charge on any atom is 0.172 e. The summed E-state index contributed by atoms with van der Waals surface area (Å²) in [5, 5.41) is 11.4. The standard InChI is InChI=1S/C23H24FNO3/c24-23-21-9-8-20(27-14-17-3-4-17)12-18(21)6-10-22(23)28-15-19(26)7-5-16-2-1-11-25-13-16/h1-2,6,8-13,17,19,26H,3-5,7,14-15H2. The molecule has 4 rings (SSSR count). The van der Waals surface area contributed by atoms with E-state index in [1.165, 1.54) is 12.8 Å². The third kappa shape index (κ3) is 4.78. The molecule has 1 fully saturated rings. The summed E-state index contributed by atoms with van der Waals surface area (Å²) < 4.78 is 26.1. The van der Waals surface area contributed by atoms with Crippen LogP contribution < -0.4 is 9.47 Å². The van der Waals surface area contributed by atoms with Gasteiger partial charge in [-0.15, -0.1) is 0 Å². The molecule has 0 saturated heterocycles. The second-order valence-electron chi connectivity index (χ2n) is 7.38. The van der Waals surface area contributed by atoms with Crippen LogP contribution in [0.25, 0.3) is 10.8 Å². The number of nitrogens with zero attached hydrogens (tertiary/aromatic N) is 1. The number of pyridine rings is 1. The number of aliphatic hydroxyl groups is 1. The Hall–Kier alpha value is -2.66. The Morgan fingerprint density at radius 1 is 1.14 bits per heavy atom. The molecule has 146 valence electrons. The van der Waals surface area contributed by atoms with Gasteiger partial charge < -0.3 is 14.6 Å². The van der Waals surface area contributed by atoms with Crippen LogP contribution in [0.1, 0.15) is 24.8 Å². The van der Waals surface area contributed by atoms with E-state index in [0.717, 1.165) is 23.3 Å². The van der Waals surface area contributed by atoms with Crippen LogP contribution in [-0.2, 0) is 6.42 Å². The SMILES string of the molecule is OC(CCc1cccnc1)COc1ccc2cc(OCC3CC3)ccc2c1F. The second-order valence-corrected chi connectivity index (χ2v) is 7.38. The number of hydrogen-bond acceptors (Lipinski definition) is 4. The molecule has 0 amide bonds. The van der Waals surface area contributed by atoms with Gasteiger partial charge in [0.1, 0.15) is 12.4 Å². The normalized spacial score (nSPS) is 14.8. The summed E-state index contributed by atoms with van der Waals surface area (Å²) in [4.78, 5) is 4.05. The Kier molecular flexibility index (Phi) is 5.72. The van der Waals surface area contributed by atoms with Crippen LogP contribution in [-0.4, -0.2) is 29.4 Å². The summed E-state index contributed by atoms with van der Waals surface area (Å²) in [5.41, 5.74) is 1.05. The van der Waals surface area contributed by atoms with Crippen molar-refractivity contribution in [2.24, 2.45) is 5.92 Å². The number of aliphatic hydroxyl groups excluding tert-OH is 1. The van der Waals surface area contributed by atoms with Crippen LogP contribution >= 0.6 is 0 Å². The van der Waals surface area contributed by atoms with Gasteiger partial charge in [-0.3, -0.25) is 4.98 Å². The van der Waals surface area contributed by atoms with Gasteiger partial charge in [0, 0.05) is 17.8 Å². The van der Waals surface area contributed by atoms with Crippen LogP contribution in [0.5, 0.6) is 11.5 Å². The average molecular weight is 381 g/mol. The fourth-order valence-corrected chi connectivity index (χ4v) is 3.10. The van der Waals surface area contributed by atoms with Crippen molar-refractivity contribution in [2.45, 2.75) is 31.8 Å². The summed E-state index contributed by atoms with van der Waals surface area (Å²) in [7, 11) is 0. The maximum absolute atomic E-state index is 14.8. The smallest absolute Gasteiger partial charge is 0.172 e. The van der Waals surface area contributed by atoms with Gasteiger partial charge >= 0.3 is 0 Å². The summed E-state index contributed by atoms with van der Waals surface area (Å²) in [6, 6.07) is 12.6. The Bertz CT molecular complexity index is 928. The van der Waals surface area contributed by atoms with Gasteiger partial charge in [-0.05, 0) is 72.9 Å². The Balaban J connectivity index is 1.35. The molecule has 4 nitrogen and oxygen atoms in total. The molecule has 1 N–H and O–H groups in total. The Morgan fingerprint density at radius 3 is 2.82 bits per heavy atom. The molecule has 1 aliphatic rings. The first-order chi connectivity index (χ1) is 13.7. The lowest BCUT2D eigenvalue weighted by Crippen LogP contribution is -2.18. The molecule has 2 aromatic carbocycles. The lowest BCUT2D eigenvalue weighted by Gasteiger charge is -2.14. The average Bonchev–Trinajstić information content (AvgIpc) is 3.55. The van der Waals surface area contributed by atoms with E-state index in [4.69, 9.17) is 9.47 Å². The van der Waals surface area contributed by atoms with Crippen molar-refractivity contribution in [1.82, 2.24) is 4.98 Å². The highest BCUT2D eigenvalue weighted by atomic mass is 19.1. The van der Waals surface area contributed by atoms with E-state index in [1.807, 2.05) is 24.3 Å². The zero-order valence-electron chi connectivity index (χ0n) is 15.7. The lowest BCUT2D eigenvalue weighted by atomic mass is 10.1. The van der Waals surface area contributed by atoms with E-state index < -0.39 is 11.9 Å². The van der Waals surface area contributed by atoms with Crippen molar-refractivity contribution in [3.8, 4) is 11.5 Å². The molecule has 1 heterocycles. The van der Waals surface area contributed by atoms with Gasteiger partial charge in [0.15, 0.2) is 11.6 Å². The zero-order valence-corrected chi connectivity index (χ0v) is 15.7. The molecule has 0 aliphatic heterocycles. The predicted octanol–water partition coefficient (Wildman–Crippen LogP) is 4.54. The highest BCUT2D eigenvalue weighted by Gasteiger charge is 2.22. The van der Waals surface area contributed by atoms with E-state index in [9.17, 15) is 9.50 Å². The van der Waals surface area contributed by atoms with Crippen molar-refractivity contribution in [1.29, 1.82) is 0 Å². The minimum absolute atomic E-state index is 0.0469. The van der Waals surface area contributed by atoms with Gasteiger partial charge in [0.05, 0.1) is 12.7 Å². The lowest BCUT2D eigenvalue weighted by molar-refractivity contribution is 0.0982. The number of benzene rings is 2. The second kappa shape index (κ2) is 8.57. The molecule has 1 unspecified atom stereocenters. The van der Waals surface area contributed by atoms with Crippen molar-refractivity contribution in [3.63, 3.8) is 0 Å². The molecular weight excluding hydrogens is 357 g/mol. The highest BCUT2D eigenvalue weighted by molar-refractivity contribution is 5.86. The zero-order chi connectivity index (χ0) is 19.3. The Labute approximate surface area is 163 Å². The topological polar surface area (TPSA) is 51.6 Å². The fourth-order valence-electron chi connectivity index (χ4n) is 3.10. The number of halogens is 1. The third-order valence-corrected chi connectivity index (χ3v) is 4.99. The highest BCUT2D eigenvalue weighted by Crippen LogP contribution is 2.32. The summed E-state index contributed by atoms with van der Waals surface area (Å²) in [6.45, 7) is 0.775. The number of hydrogen-bond donors (Lipinski definition) is 1. The molecule has 0 bridgehead atoms. The van der Waals surface area contributed by atoms with Crippen molar-refractivity contribution in [3.05, 3.63) is 66.2 Å². The fraction of sp³-hybridized carbons (Fsp3) is 0.348. The minimum Gasteiger partial charge on any atom is -0.493 e. The van der Waals surface area contributed by atoms with Gasteiger partial charge in [-0.25, -0.2) is 4.39 Å². The predicted molar refractivity (Wildman–Crippen MR) is 106 cm³/mol. The quantitative estimate of drug-likeness (QED) is 0.591. The molecule has 28 heavy (non-hydrogen) atoms. The number of fused-ring (bicyclic) bond motifs is 1. The third-order valence-electron chi connectivity index (χ3n) is 4.99. The number of rotatable bonds is 9. The van der Waals surface area contributed by atoms with Crippen LogP contribution in [0.3, 0.4) is 0 Å². The van der Waals surface area contributed by atoms with E-state index in [2.05, 4.69) is 4.98 Å². The van der Waals surface area contributed by atoms with Gasteiger partial charge in [-0.1, -0.05) is 12.1 Å². The number of aromatic nitrogens is 1. The van der Waals surface area contributed by atoms with Gasteiger partial charge in [-0.2, -0.15) is 0 Å². The van der Waals surface area contributed by atoms with E-state index in [1.54, 1.807) is 30.6 Å². The molecule has 0 spiro atoms. The molecule has 1 saturated carbocycles. The first-order valence-electron chi connectivity index (χ1n) is 9.74. The number of ether oxygens (including phenoxy) is 2. The molecule has 5 heteroatoms. The van der Waals surface area contributed by atoms with E-state index >= 15 is 0 Å². The summed E-state index contributed by atoms with van der Waals surface area (Å²) >= 11 is 0. The number of aryl methyl sites for hydroxylation is 1. The maximum atomic E-state index is 14.8. The van der Waals surface area contributed by atoms with Crippen LogP contribution in [0.2, 0.25) is 0 Å². The van der Waals surface area contributed by atoms with Crippen LogP contribution in [0.15, 0.2) is 54.9 Å².